The topological polar surface area (TPSA) is 79.4 Å². The number of carbonyl (C=O) groups is 3. The first-order chi connectivity index (χ1) is 14.4. The average Bonchev–Trinajstić information content (AvgIpc) is 3.02. The van der Waals surface area contributed by atoms with Gasteiger partial charge < -0.3 is 0 Å². The van der Waals surface area contributed by atoms with E-state index in [1.807, 2.05) is 0 Å². The number of halogens is 2. The highest BCUT2D eigenvalue weighted by molar-refractivity contribution is 6.26. The number of aromatic nitrogens is 1. The number of pyridine rings is 1. The summed E-state index contributed by atoms with van der Waals surface area (Å²) in [6.45, 7) is 0. The Labute approximate surface area is 169 Å². The van der Waals surface area contributed by atoms with E-state index in [1.54, 1.807) is 6.07 Å². The van der Waals surface area contributed by atoms with Gasteiger partial charge in [0.25, 0.3) is 5.91 Å². The highest BCUT2D eigenvalue weighted by atomic mass is 19.3. The molecule has 150 valence electrons. The van der Waals surface area contributed by atoms with Crippen molar-refractivity contribution < 1.29 is 23.2 Å². The summed E-state index contributed by atoms with van der Waals surface area (Å²) < 4.78 is 30.6. The van der Waals surface area contributed by atoms with Crippen LogP contribution in [0, 0.1) is 0 Å². The van der Waals surface area contributed by atoms with Crippen LogP contribution in [-0.2, 0) is 15.5 Å². The molecule has 3 amide bonds. The molecule has 3 aromatic rings. The van der Waals surface area contributed by atoms with Crippen molar-refractivity contribution >= 4 is 34.3 Å². The molecule has 1 fully saturated rings. The number of hydrogen-bond donors (Lipinski definition) is 1. The van der Waals surface area contributed by atoms with E-state index in [2.05, 4.69) is 10.3 Å². The van der Waals surface area contributed by atoms with Gasteiger partial charge in [0.1, 0.15) is 11.9 Å². The van der Waals surface area contributed by atoms with Crippen molar-refractivity contribution in [3.05, 3.63) is 71.4 Å². The van der Waals surface area contributed by atoms with Crippen molar-refractivity contribution in [2.24, 2.45) is 0 Å². The zero-order chi connectivity index (χ0) is 21.0. The lowest BCUT2D eigenvalue weighted by molar-refractivity contribution is -0.134. The highest BCUT2D eigenvalue weighted by Crippen LogP contribution is 2.45. The Kier molecular flexibility index (Phi) is 3.92. The maximum Gasteiger partial charge on any atom is 0.300 e. The van der Waals surface area contributed by atoms with Crippen molar-refractivity contribution in [3.8, 4) is 0 Å². The summed E-state index contributed by atoms with van der Waals surface area (Å²) in [5, 5.41) is 2.72. The van der Waals surface area contributed by atoms with Crippen molar-refractivity contribution in [3.63, 3.8) is 0 Å². The SMILES string of the molecule is O=C1CCC(N2C(=O)c3cccc4c(C(F)(F)c5ccccc5)cnc2c34)C(=O)N1. The quantitative estimate of drug-likeness (QED) is 0.677. The highest BCUT2D eigenvalue weighted by Gasteiger charge is 2.44. The van der Waals surface area contributed by atoms with Gasteiger partial charge in [-0.15, -0.1) is 0 Å². The molecule has 30 heavy (non-hydrogen) atoms. The lowest BCUT2D eigenvalue weighted by Crippen LogP contribution is -2.53. The van der Waals surface area contributed by atoms with Crippen LogP contribution < -0.4 is 10.2 Å². The predicted molar refractivity (Wildman–Crippen MR) is 104 cm³/mol. The van der Waals surface area contributed by atoms with Crippen LogP contribution >= 0.6 is 0 Å². The molecule has 0 saturated carbocycles. The third-order valence-electron chi connectivity index (χ3n) is 5.57. The first-order valence-corrected chi connectivity index (χ1v) is 9.42. The molecule has 2 aliphatic heterocycles. The minimum atomic E-state index is -3.32. The van der Waals surface area contributed by atoms with E-state index < -0.39 is 29.7 Å². The average molecular weight is 407 g/mol. The number of piperidine rings is 1. The fourth-order valence-corrected chi connectivity index (χ4v) is 4.14. The maximum atomic E-state index is 15.3. The summed E-state index contributed by atoms with van der Waals surface area (Å²) in [6, 6.07) is 11.1. The Morgan fingerprint density at radius 2 is 1.80 bits per heavy atom. The van der Waals surface area contributed by atoms with E-state index in [0.717, 1.165) is 6.20 Å². The summed E-state index contributed by atoms with van der Waals surface area (Å²) in [7, 11) is 0. The van der Waals surface area contributed by atoms with Gasteiger partial charge in [-0.2, -0.15) is 8.78 Å². The monoisotopic (exact) mass is 407 g/mol. The largest absolute Gasteiger partial charge is 0.300 e. The van der Waals surface area contributed by atoms with Gasteiger partial charge in [-0.05, 0) is 17.9 Å². The van der Waals surface area contributed by atoms with E-state index in [4.69, 9.17) is 0 Å². The number of anilines is 1. The summed E-state index contributed by atoms with van der Waals surface area (Å²) in [4.78, 5) is 42.3. The zero-order valence-corrected chi connectivity index (χ0v) is 15.6. The van der Waals surface area contributed by atoms with Crippen molar-refractivity contribution in [2.45, 2.75) is 24.8 Å². The van der Waals surface area contributed by atoms with E-state index in [9.17, 15) is 14.4 Å². The van der Waals surface area contributed by atoms with Crippen LogP contribution in [-0.4, -0.2) is 28.7 Å². The fourth-order valence-electron chi connectivity index (χ4n) is 4.14. The number of rotatable bonds is 3. The summed E-state index contributed by atoms with van der Waals surface area (Å²) >= 11 is 0. The normalized spacial score (nSPS) is 18.8. The molecule has 8 heteroatoms. The van der Waals surface area contributed by atoms with Gasteiger partial charge >= 0.3 is 5.92 Å². The van der Waals surface area contributed by atoms with Crippen LogP contribution in [0.2, 0.25) is 0 Å². The molecule has 5 rings (SSSR count). The van der Waals surface area contributed by atoms with Crippen molar-refractivity contribution in [2.75, 3.05) is 4.90 Å². The minimum Gasteiger partial charge on any atom is -0.295 e. The molecule has 2 aliphatic rings. The van der Waals surface area contributed by atoms with Crippen LogP contribution in [0.15, 0.2) is 54.7 Å². The first-order valence-electron chi connectivity index (χ1n) is 9.42. The fraction of sp³-hybridized carbons (Fsp3) is 0.182. The Morgan fingerprint density at radius 3 is 2.53 bits per heavy atom. The predicted octanol–water partition coefficient (Wildman–Crippen LogP) is 3.14. The summed E-state index contributed by atoms with van der Waals surface area (Å²) in [5.74, 6) is -4.65. The number of benzene rings is 2. The Bertz CT molecular complexity index is 1230. The van der Waals surface area contributed by atoms with Gasteiger partial charge in [0.15, 0.2) is 0 Å². The van der Waals surface area contributed by atoms with Gasteiger partial charge in [0.2, 0.25) is 11.8 Å². The Balaban J connectivity index is 1.68. The van der Waals surface area contributed by atoms with Crippen LogP contribution in [0.3, 0.4) is 0 Å². The standard InChI is InChI=1S/C22H15F2N3O3/c23-22(24,12-5-2-1-3-6-12)15-11-25-19-18-13(15)7-4-8-14(18)21(30)27(19)16-9-10-17(28)26-20(16)29/h1-8,11,16H,9-10H2,(H,26,28,29). The lowest BCUT2D eigenvalue weighted by atomic mass is 9.95. The second-order valence-electron chi connectivity index (χ2n) is 7.31. The number of carbonyl (C=O) groups excluding carboxylic acids is 3. The molecule has 1 aromatic heterocycles. The first kappa shape index (κ1) is 18.4. The van der Waals surface area contributed by atoms with Gasteiger partial charge in [-0.1, -0.05) is 42.5 Å². The van der Waals surface area contributed by atoms with E-state index in [1.165, 1.54) is 47.4 Å². The van der Waals surface area contributed by atoms with Crippen LogP contribution in [0.5, 0.6) is 0 Å². The molecule has 0 bridgehead atoms. The molecule has 1 unspecified atom stereocenters. The minimum absolute atomic E-state index is 0.0871. The van der Waals surface area contributed by atoms with Gasteiger partial charge in [-0.25, -0.2) is 4.98 Å². The van der Waals surface area contributed by atoms with Crippen molar-refractivity contribution in [1.82, 2.24) is 10.3 Å². The third-order valence-corrected chi connectivity index (χ3v) is 5.57. The number of amides is 3. The number of hydrogen-bond acceptors (Lipinski definition) is 4. The van der Waals surface area contributed by atoms with Crippen LogP contribution in [0.25, 0.3) is 10.8 Å². The summed E-state index contributed by atoms with van der Waals surface area (Å²) in [5.41, 5.74) is -0.281. The lowest BCUT2D eigenvalue weighted by Gasteiger charge is -2.29. The molecule has 0 spiro atoms. The van der Waals surface area contributed by atoms with Gasteiger partial charge in [0, 0.05) is 23.6 Å². The number of alkyl halides is 2. The molecule has 1 atom stereocenters. The van der Waals surface area contributed by atoms with E-state index in [0.29, 0.717) is 5.39 Å². The zero-order valence-electron chi connectivity index (χ0n) is 15.6. The van der Waals surface area contributed by atoms with Gasteiger partial charge in [-0.3, -0.25) is 24.6 Å². The van der Waals surface area contributed by atoms with E-state index >= 15 is 8.78 Å². The maximum absolute atomic E-state index is 15.3. The molecule has 0 radical (unpaired) electrons. The van der Waals surface area contributed by atoms with Crippen LogP contribution in [0.4, 0.5) is 14.6 Å². The van der Waals surface area contributed by atoms with E-state index in [-0.39, 0.29) is 40.7 Å². The number of imide groups is 1. The number of nitrogens with one attached hydrogen (secondary N) is 1. The number of nitrogens with zero attached hydrogens (tertiary/aromatic N) is 2. The molecule has 3 heterocycles. The molecular formula is C22H15F2N3O3. The smallest absolute Gasteiger partial charge is 0.295 e. The second kappa shape index (κ2) is 6.41. The van der Waals surface area contributed by atoms with Crippen molar-refractivity contribution in [1.29, 1.82) is 0 Å². The molecule has 0 aliphatic carbocycles. The third kappa shape index (κ3) is 2.53. The molecular weight excluding hydrogens is 392 g/mol. The second-order valence-corrected chi connectivity index (χ2v) is 7.31. The molecule has 6 nitrogen and oxygen atoms in total. The Hall–Kier alpha value is -3.68. The molecule has 1 saturated heterocycles. The molecule has 2 aromatic carbocycles. The molecule has 1 N–H and O–H groups in total. The summed E-state index contributed by atoms with van der Waals surface area (Å²) in [6.07, 6.45) is 1.30. The van der Waals surface area contributed by atoms with Gasteiger partial charge in [0.05, 0.1) is 11.1 Å². The Morgan fingerprint density at radius 1 is 1.03 bits per heavy atom. The van der Waals surface area contributed by atoms with Crippen LogP contribution in [0.1, 0.15) is 34.3 Å².